The van der Waals surface area contributed by atoms with Crippen LogP contribution in [0, 0.1) is 0 Å². The molecule has 0 atom stereocenters. The number of hydrogen-bond donors (Lipinski definition) is 1. The lowest BCUT2D eigenvalue weighted by atomic mass is 10.2. The van der Waals surface area contributed by atoms with Crippen molar-refractivity contribution in [2.45, 2.75) is 38.6 Å². The summed E-state index contributed by atoms with van der Waals surface area (Å²) in [6.45, 7) is 2.88. The second kappa shape index (κ2) is 5.12. The minimum absolute atomic E-state index is 0.0720. The lowest BCUT2D eigenvalue weighted by molar-refractivity contribution is 0.0733. The Balaban J connectivity index is 2.09. The highest BCUT2D eigenvalue weighted by atomic mass is 16.2. The first-order chi connectivity index (χ1) is 8.22. The Morgan fingerprint density at radius 2 is 2.29 bits per heavy atom. The fraction of sp³-hybridized carbons (Fsp3) is 0.583. The summed E-state index contributed by atoms with van der Waals surface area (Å²) in [6.07, 6.45) is 4.23. The van der Waals surface area contributed by atoms with Gasteiger partial charge in [0.2, 0.25) is 0 Å². The Morgan fingerprint density at radius 3 is 2.82 bits per heavy atom. The fourth-order valence-corrected chi connectivity index (χ4v) is 1.78. The van der Waals surface area contributed by atoms with Crippen LogP contribution in [0.25, 0.3) is 0 Å². The van der Waals surface area contributed by atoms with Gasteiger partial charge in [0.05, 0.1) is 0 Å². The highest BCUT2D eigenvalue weighted by Gasteiger charge is 2.33. The lowest BCUT2D eigenvalue weighted by Crippen LogP contribution is -2.35. The monoisotopic (exact) mass is 235 g/mol. The predicted molar refractivity (Wildman–Crippen MR) is 63.8 cm³/mol. The molecular weight excluding hydrogens is 218 g/mol. The van der Waals surface area contributed by atoms with E-state index in [1.165, 1.54) is 12.1 Å². The van der Waals surface area contributed by atoms with Gasteiger partial charge in [-0.3, -0.25) is 9.59 Å². The summed E-state index contributed by atoms with van der Waals surface area (Å²) in [4.78, 5) is 25.0. The number of aromatic amines is 1. The van der Waals surface area contributed by atoms with Gasteiger partial charge < -0.3 is 4.90 Å². The van der Waals surface area contributed by atoms with E-state index in [2.05, 4.69) is 17.1 Å². The van der Waals surface area contributed by atoms with Crippen molar-refractivity contribution in [1.29, 1.82) is 0 Å². The molecule has 2 rings (SSSR count). The smallest absolute Gasteiger partial charge is 0.274 e. The standard InChI is InChI=1S/C12H17N3O2/c1-2-3-8-15(9-4-5-9)12(17)10-6-7-11(16)14-13-10/h6-7,9H,2-5,8H2,1H3,(H,14,16). The molecular formula is C12H17N3O2. The van der Waals surface area contributed by atoms with E-state index in [4.69, 9.17) is 0 Å². The van der Waals surface area contributed by atoms with Crippen LogP contribution in [-0.4, -0.2) is 33.6 Å². The average Bonchev–Trinajstić information content (AvgIpc) is 3.14. The van der Waals surface area contributed by atoms with Gasteiger partial charge in [-0.25, -0.2) is 5.10 Å². The second-order valence-corrected chi connectivity index (χ2v) is 4.39. The molecule has 1 aromatic heterocycles. The van der Waals surface area contributed by atoms with Crippen molar-refractivity contribution >= 4 is 5.91 Å². The van der Waals surface area contributed by atoms with Gasteiger partial charge in [0.1, 0.15) is 5.69 Å². The summed E-state index contributed by atoms with van der Waals surface area (Å²) in [6, 6.07) is 3.20. The molecule has 1 saturated carbocycles. The maximum atomic E-state index is 12.2. The molecule has 17 heavy (non-hydrogen) atoms. The maximum Gasteiger partial charge on any atom is 0.274 e. The van der Waals surface area contributed by atoms with Crippen LogP contribution in [0.5, 0.6) is 0 Å². The second-order valence-electron chi connectivity index (χ2n) is 4.39. The number of carbonyl (C=O) groups excluding carboxylic acids is 1. The first-order valence-electron chi connectivity index (χ1n) is 6.09. The van der Waals surface area contributed by atoms with E-state index in [0.717, 1.165) is 32.2 Å². The average molecular weight is 235 g/mol. The molecule has 92 valence electrons. The van der Waals surface area contributed by atoms with Crippen LogP contribution in [0.2, 0.25) is 0 Å². The van der Waals surface area contributed by atoms with Crippen LogP contribution in [-0.2, 0) is 0 Å². The van der Waals surface area contributed by atoms with Crippen molar-refractivity contribution in [2.24, 2.45) is 0 Å². The molecule has 1 aromatic rings. The summed E-state index contributed by atoms with van der Waals surface area (Å²) in [5.74, 6) is -0.0720. The zero-order valence-electron chi connectivity index (χ0n) is 9.98. The quantitative estimate of drug-likeness (QED) is 0.833. The molecule has 0 aliphatic heterocycles. The first kappa shape index (κ1) is 11.8. The minimum atomic E-state index is -0.284. The molecule has 1 heterocycles. The van der Waals surface area contributed by atoms with Gasteiger partial charge in [-0.15, -0.1) is 0 Å². The maximum absolute atomic E-state index is 12.2. The predicted octanol–water partition coefficient (Wildman–Crippen LogP) is 1.17. The van der Waals surface area contributed by atoms with E-state index in [0.29, 0.717) is 11.7 Å². The van der Waals surface area contributed by atoms with Crippen molar-refractivity contribution in [3.8, 4) is 0 Å². The number of carbonyl (C=O) groups is 1. The molecule has 1 amide bonds. The Hall–Kier alpha value is -1.65. The molecule has 1 N–H and O–H groups in total. The minimum Gasteiger partial charge on any atom is -0.334 e. The van der Waals surface area contributed by atoms with Crippen LogP contribution in [0.15, 0.2) is 16.9 Å². The summed E-state index contributed by atoms with van der Waals surface area (Å²) >= 11 is 0. The van der Waals surface area contributed by atoms with Crippen molar-refractivity contribution in [3.63, 3.8) is 0 Å². The van der Waals surface area contributed by atoms with Crippen molar-refractivity contribution in [1.82, 2.24) is 15.1 Å². The summed E-state index contributed by atoms with van der Waals surface area (Å²) in [7, 11) is 0. The van der Waals surface area contributed by atoms with Gasteiger partial charge in [0, 0.05) is 18.7 Å². The Kier molecular flexibility index (Phi) is 3.56. The number of aromatic nitrogens is 2. The summed E-state index contributed by atoms with van der Waals surface area (Å²) in [5.41, 5.74) is 0.0423. The van der Waals surface area contributed by atoms with E-state index in [-0.39, 0.29) is 11.5 Å². The van der Waals surface area contributed by atoms with Crippen LogP contribution in [0.3, 0.4) is 0 Å². The Bertz CT molecular complexity index is 431. The first-order valence-corrected chi connectivity index (χ1v) is 6.09. The third-order valence-electron chi connectivity index (χ3n) is 2.90. The highest BCUT2D eigenvalue weighted by molar-refractivity contribution is 5.92. The molecule has 1 aliphatic carbocycles. The fourth-order valence-electron chi connectivity index (χ4n) is 1.78. The molecule has 1 aliphatic rings. The van der Waals surface area contributed by atoms with Crippen molar-refractivity contribution in [3.05, 3.63) is 28.2 Å². The van der Waals surface area contributed by atoms with E-state index >= 15 is 0 Å². The zero-order chi connectivity index (χ0) is 12.3. The highest BCUT2D eigenvalue weighted by Crippen LogP contribution is 2.28. The largest absolute Gasteiger partial charge is 0.334 e. The van der Waals surface area contributed by atoms with Crippen LogP contribution in [0.1, 0.15) is 43.1 Å². The molecule has 0 radical (unpaired) electrons. The molecule has 1 fully saturated rings. The number of rotatable bonds is 5. The van der Waals surface area contributed by atoms with Crippen LogP contribution in [0.4, 0.5) is 0 Å². The molecule has 0 aromatic carbocycles. The van der Waals surface area contributed by atoms with E-state index < -0.39 is 0 Å². The van der Waals surface area contributed by atoms with Crippen LogP contribution >= 0.6 is 0 Å². The number of H-pyrrole nitrogens is 1. The van der Waals surface area contributed by atoms with Gasteiger partial charge >= 0.3 is 0 Å². The summed E-state index contributed by atoms with van der Waals surface area (Å²) < 4.78 is 0. The number of nitrogens with zero attached hydrogens (tertiary/aromatic N) is 2. The van der Waals surface area contributed by atoms with Crippen molar-refractivity contribution < 1.29 is 4.79 Å². The van der Waals surface area contributed by atoms with Gasteiger partial charge in [-0.05, 0) is 25.3 Å². The number of hydrogen-bond acceptors (Lipinski definition) is 3. The van der Waals surface area contributed by atoms with E-state index in [1.54, 1.807) is 0 Å². The normalized spacial score (nSPS) is 14.6. The molecule has 5 heteroatoms. The zero-order valence-corrected chi connectivity index (χ0v) is 9.98. The molecule has 0 bridgehead atoms. The lowest BCUT2D eigenvalue weighted by Gasteiger charge is -2.21. The van der Waals surface area contributed by atoms with Gasteiger partial charge in [0.25, 0.3) is 11.5 Å². The van der Waals surface area contributed by atoms with E-state index in [1.807, 2.05) is 4.90 Å². The SMILES string of the molecule is CCCCN(C(=O)c1ccc(=O)[nH]n1)C1CC1. The number of unbranched alkanes of at least 4 members (excludes halogenated alkanes) is 1. The molecule has 0 saturated heterocycles. The topological polar surface area (TPSA) is 66.1 Å². The molecule has 0 unspecified atom stereocenters. The third kappa shape index (κ3) is 2.93. The van der Waals surface area contributed by atoms with Gasteiger partial charge in [0.15, 0.2) is 0 Å². The Morgan fingerprint density at radius 1 is 1.53 bits per heavy atom. The molecule has 0 spiro atoms. The number of amides is 1. The van der Waals surface area contributed by atoms with Crippen LogP contribution < -0.4 is 5.56 Å². The number of nitrogens with one attached hydrogen (secondary N) is 1. The van der Waals surface area contributed by atoms with Gasteiger partial charge in [-0.1, -0.05) is 13.3 Å². The Labute approximate surface area is 99.8 Å². The van der Waals surface area contributed by atoms with Crippen molar-refractivity contribution in [2.75, 3.05) is 6.54 Å². The van der Waals surface area contributed by atoms with E-state index in [9.17, 15) is 9.59 Å². The molecule has 5 nitrogen and oxygen atoms in total. The van der Waals surface area contributed by atoms with Gasteiger partial charge in [-0.2, -0.15) is 5.10 Å². The third-order valence-corrected chi connectivity index (χ3v) is 2.90. The summed E-state index contributed by atoms with van der Waals surface area (Å²) in [5, 5.41) is 6.09.